The molecule has 4 rings (SSSR count). The third-order valence-corrected chi connectivity index (χ3v) is 6.40. The van der Waals surface area contributed by atoms with Crippen molar-refractivity contribution in [2.75, 3.05) is 36.8 Å². The Balaban J connectivity index is 1.47. The highest BCUT2D eigenvalue weighted by atomic mass is 19.4. The van der Waals surface area contributed by atoms with Gasteiger partial charge in [0, 0.05) is 36.7 Å². The number of pyridine rings is 1. The molecular formula is C30H31F3N6O2. The Labute approximate surface area is 236 Å². The van der Waals surface area contributed by atoms with Crippen LogP contribution in [0, 0.1) is 6.92 Å². The van der Waals surface area contributed by atoms with Crippen molar-refractivity contribution in [1.82, 2.24) is 19.9 Å². The number of carbonyl (C=O) groups is 1. The smallest absolute Gasteiger partial charge is 0.416 e. The van der Waals surface area contributed by atoms with E-state index in [0.29, 0.717) is 46.6 Å². The molecule has 4 aromatic rings. The lowest BCUT2D eigenvalue weighted by Gasteiger charge is -2.18. The van der Waals surface area contributed by atoms with Gasteiger partial charge in [-0.3, -0.25) is 4.79 Å². The summed E-state index contributed by atoms with van der Waals surface area (Å²) >= 11 is 0. The fourth-order valence-electron chi connectivity index (χ4n) is 4.11. The van der Waals surface area contributed by atoms with Gasteiger partial charge in [-0.05, 0) is 80.2 Å². The third kappa shape index (κ3) is 7.79. The molecule has 214 valence electrons. The van der Waals surface area contributed by atoms with Gasteiger partial charge in [0.15, 0.2) is 0 Å². The first kappa shape index (κ1) is 29.5. The van der Waals surface area contributed by atoms with Crippen LogP contribution in [0.25, 0.3) is 11.3 Å². The number of halogens is 3. The average molecular weight is 565 g/mol. The second-order valence-corrected chi connectivity index (χ2v) is 9.19. The van der Waals surface area contributed by atoms with Gasteiger partial charge < -0.3 is 20.3 Å². The third-order valence-electron chi connectivity index (χ3n) is 6.40. The molecule has 0 saturated heterocycles. The van der Waals surface area contributed by atoms with Gasteiger partial charge in [-0.25, -0.2) is 15.0 Å². The van der Waals surface area contributed by atoms with Crippen molar-refractivity contribution in [3.05, 3.63) is 89.7 Å². The Bertz CT molecular complexity index is 1490. The molecule has 0 aliphatic rings. The van der Waals surface area contributed by atoms with Gasteiger partial charge in [0.1, 0.15) is 5.75 Å². The molecule has 0 unspecified atom stereocenters. The summed E-state index contributed by atoms with van der Waals surface area (Å²) in [6.07, 6.45) is -1.25. The van der Waals surface area contributed by atoms with Crippen LogP contribution in [-0.4, -0.2) is 51.9 Å². The first-order chi connectivity index (χ1) is 19.7. The molecular weight excluding hydrogens is 533 g/mol. The maximum Gasteiger partial charge on any atom is 0.416 e. The van der Waals surface area contributed by atoms with Crippen LogP contribution in [0.15, 0.2) is 73.1 Å². The van der Waals surface area contributed by atoms with E-state index >= 15 is 0 Å². The van der Waals surface area contributed by atoms with Crippen molar-refractivity contribution in [2.24, 2.45) is 0 Å². The van der Waals surface area contributed by atoms with Gasteiger partial charge in [0.2, 0.25) is 11.8 Å². The van der Waals surface area contributed by atoms with Crippen molar-refractivity contribution >= 4 is 17.5 Å². The normalized spacial score (nSPS) is 11.4. The van der Waals surface area contributed by atoms with Gasteiger partial charge in [0.25, 0.3) is 5.91 Å². The molecule has 1 amide bonds. The molecule has 8 nitrogen and oxygen atoms in total. The van der Waals surface area contributed by atoms with Crippen molar-refractivity contribution in [1.29, 1.82) is 0 Å². The zero-order valence-electron chi connectivity index (χ0n) is 23.0. The van der Waals surface area contributed by atoms with E-state index in [1.807, 2.05) is 6.07 Å². The predicted octanol–water partition coefficient (Wildman–Crippen LogP) is 6.66. The number of likely N-dealkylation sites (N-methyl/N-ethyl adjacent to an activating group) is 1. The van der Waals surface area contributed by atoms with E-state index in [4.69, 9.17) is 4.74 Å². The summed E-state index contributed by atoms with van der Waals surface area (Å²) in [5.41, 5.74) is 1.42. The summed E-state index contributed by atoms with van der Waals surface area (Å²) in [7, 11) is 0. The number of carbonyl (C=O) groups excluding carboxylic acids is 1. The van der Waals surface area contributed by atoms with Crippen LogP contribution in [-0.2, 0) is 6.18 Å². The Morgan fingerprint density at radius 2 is 1.78 bits per heavy atom. The highest BCUT2D eigenvalue weighted by Crippen LogP contribution is 2.33. The molecule has 2 N–H and O–H groups in total. The average Bonchev–Trinajstić information content (AvgIpc) is 2.97. The summed E-state index contributed by atoms with van der Waals surface area (Å²) in [5.74, 6) is 0.681. The Kier molecular flexibility index (Phi) is 9.51. The summed E-state index contributed by atoms with van der Waals surface area (Å²) in [6, 6.07) is 14.6. The molecule has 2 heterocycles. The maximum absolute atomic E-state index is 13.0. The zero-order chi connectivity index (χ0) is 29.4. The molecule has 0 atom stereocenters. The van der Waals surface area contributed by atoms with Gasteiger partial charge in [0.05, 0.1) is 16.8 Å². The van der Waals surface area contributed by atoms with Crippen molar-refractivity contribution in [3.8, 4) is 22.9 Å². The predicted molar refractivity (Wildman–Crippen MR) is 152 cm³/mol. The highest BCUT2D eigenvalue weighted by Gasteiger charge is 2.31. The van der Waals surface area contributed by atoms with Gasteiger partial charge in [-0.15, -0.1) is 0 Å². The fraction of sp³-hybridized carbons (Fsp3) is 0.267. The molecule has 2 aromatic heterocycles. The molecule has 2 aromatic carbocycles. The van der Waals surface area contributed by atoms with Crippen molar-refractivity contribution in [2.45, 2.75) is 26.9 Å². The van der Waals surface area contributed by atoms with Gasteiger partial charge >= 0.3 is 6.18 Å². The van der Waals surface area contributed by atoms with E-state index in [1.165, 1.54) is 12.1 Å². The Morgan fingerprint density at radius 3 is 2.51 bits per heavy atom. The fourth-order valence-corrected chi connectivity index (χ4v) is 4.11. The number of ether oxygens (including phenoxy) is 1. The second-order valence-electron chi connectivity index (χ2n) is 9.19. The van der Waals surface area contributed by atoms with Crippen LogP contribution in [0.1, 0.15) is 35.3 Å². The standard InChI is InChI=1S/C30H31F3N6O2/c1-4-39(5-2)17-16-36-29-35-15-13-25(38-29)24-10-7-14-34-28(24)41-26-12-11-23(18-20(26)3)37-27(40)21-8-6-9-22(19-21)30(31,32)33/h6-15,18-19H,4-5,16-17H2,1-3H3,(H,37,40)(H,35,36,38). The number of anilines is 2. The molecule has 0 bridgehead atoms. The van der Waals surface area contributed by atoms with E-state index in [0.717, 1.165) is 31.8 Å². The number of benzene rings is 2. The summed E-state index contributed by atoms with van der Waals surface area (Å²) in [5, 5.41) is 5.90. The molecule has 0 aliphatic carbocycles. The van der Waals surface area contributed by atoms with Crippen molar-refractivity contribution in [3.63, 3.8) is 0 Å². The molecule has 0 radical (unpaired) electrons. The van der Waals surface area contributed by atoms with Gasteiger partial charge in [-0.2, -0.15) is 13.2 Å². The Hall–Kier alpha value is -4.51. The van der Waals surface area contributed by atoms with Crippen LogP contribution in [0.3, 0.4) is 0 Å². The van der Waals surface area contributed by atoms with E-state index in [2.05, 4.69) is 44.3 Å². The van der Waals surface area contributed by atoms with E-state index < -0.39 is 17.6 Å². The van der Waals surface area contributed by atoms with E-state index in [-0.39, 0.29) is 5.56 Å². The number of hydrogen-bond donors (Lipinski definition) is 2. The van der Waals surface area contributed by atoms with Crippen molar-refractivity contribution < 1.29 is 22.7 Å². The first-order valence-electron chi connectivity index (χ1n) is 13.2. The number of aryl methyl sites for hydroxylation is 1. The minimum atomic E-state index is -4.54. The monoisotopic (exact) mass is 564 g/mol. The van der Waals surface area contributed by atoms with E-state index in [1.54, 1.807) is 49.6 Å². The number of alkyl halides is 3. The lowest BCUT2D eigenvalue weighted by Crippen LogP contribution is -2.28. The minimum Gasteiger partial charge on any atom is -0.438 e. The lowest BCUT2D eigenvalue weighted by atomic mass is 10.1. The van der Waals surface area contributed by atoms with E-state index in [9.17, 15) is 18.0 Å². The topological polar surface area (TPSA) is 92.3 Å². The molecule has 11 heteroatoms. The summed E-state index contributed by atoms with van der Waals surface area (Å²) in [6.45, 7) is 9.55. The summed E-state index contributed by atoms with van der Waals surface area (Å²) < 4.78 is 45.2. The number of nitrogens with zero attached hydrogens (tertiary/aromatic N) is 4. The number of nitrogens with one attached hydrogen (secondary N) is 2. The minimum absolute atomic E-state index is 0.0947. The summed E-state index contributed by atoms with van der Waals surface area (Å²) in [4.78, 5) is 28.3. The number of amides is 1. The zero-order valence-corrected chi connectivity index (χ0v) is 23.0. The Morgan fingerprint density at radius 1 is 0.976 bits per heavy atom. The van der Waals surface area contributed by atoms with Crippen LogP contribution in [0.4, 0.5) is 24.8 Å². The SMILES string of the molecule is CCN(CC)CCNc1nccc(-c2cccnc2Oc2ccc(NC(=O)c3cccc(C(F)(F)F)c3)cc2C)n1. The molecule has 41 heavy (non-hydrogen) atoms. The molecule has 0 fully saturated rings. The van der Waals surface area contributed by atoms with Crippen LogP contribution in [0.5, 0.6) is 11.6 Å². The van der Waals surface area contributed by atoms with Crippen LogP contribution in [0.2, 0.25) is 0 Å². The molecule has 0 saturated carbocycles. The largest absolute Gasteiger partial charge is 0.438 e. The number of hydrogen-bond acceptors (Lipinski definition) is 7. The number of rotatable bonds is 11. The first-order valence-corrected chi connectivity index (χ1v) is 13.2. The van der Waals surface area contributed by atoms with Gasteiger partial charge in [-0.1, -0.05) is 19.9 Å². The number of aromatic nitrogens is 3. The van der Waals surface area contributed by atoms with Crippen LogP contribution >= 0.6 is 0 Å². The molecule has 0 spiro atoms. The van der Waals surface area contributed by atoms with Crippen LogP contribution < -0.4 is 15.4 Å². The quantitative estimate of drug-likeness (QED) is 0.210. The molecule has 0 aliphatic heterocycles. The second kappa shape index (κ2) is 13.2. The maximum atomic E-state index is 13.0. The lowest BCUT2D eigenvalue weighted by molar-refractivity contribution is -0.137. The highest BCUT2D eigenvalue weighted by molar-refractivity contribution is 6.04.